The molecule has 0 spiro atoms. The molecule has 4 amide bonds. The molecule has 4 rings (SSSR count). The standard InChI is InChI=1S/C29H31I3N8O7/c1-3-38(13-42)27(45)20-22(30)21(28(46)39(14-43)8-9-41)24(32)25(23(20)31)37-26-29(47)40(15(2)10-35-26)12-19(44)34-11-16-4-5-17-18(36-16)6-7-33-17/h3-7,15,33,41-43H,1,8-14H2,2H3,(H,34,44)(H,35,37). The van der Waals surface area contributed by atoms with Crippen molar-refractivity contribution in [3.8, 4) is 0 Å². The number of aliphatic imine (C=N–C) groups is 1. The number of rotatable bonds is 12. The molecule has 1 aliphatic heterocycles. The van der Waals surface area contributed by atoms with Gasteiger partial charge in [-0.25, -0.2) is 4.98 Å². The lowest BCUT2D eigenvalue weighted by atomic mass is 10.1. The lowest BCUT2D eigenvalue weighted by molar-refractivity contribution is -0.133. The van der Waals surface area contributed by atoms with Crippen molar-refractivity contribution < 1.29 is 34.5 Å². The number of amidine groups is 1. The molecule has 3 aromatic rings. The third kappa shape index (κ3) is 8.04. The van der Waals surface area contributed by atoms with Gasteiger partial charge in [0.15, 0.2) is 5.84 Å². The molecule has 6 N–H and O–H groups in total. The molecule has 3 heterocycles. The molecule has 0 radical (unpaired) electrons. The number of carbonyl (C=O) groups is 4. The van der Waals surface area contributed by atoms with Crippen LogP contribution in [0, 0.1) is 10.7 Å². The normalized spacial score (nSPS) is 14.5. The number of nitrogens with zero attached hydrogens (tertiary/aromatic N) is 5. The molecule has 0 saturated heterocycles. The van der Waals surface area contributed by atoms with Crippen molar-refractivity contribution in [1.29, 1.82) is 0 Å². The molecule has 2 aromatic heterocycles. The molecule has 1 atom stereocenters. The fourth-order valence-electron chi connectivity index (χ4n) is 4.65. The van der Waals surface area contributed by atoms with E-state index >= 15 is 0 Å². The highest BCUT2D eigenvalue weighted by molar-refractivity contribution is 14.1. The van der Waals surface area contributed by atoms with Crippen LogP contribution in [-0.4, -0.2) is 115 Å². The monoisotopic (exact) mass is 984 g/mol. The maximum absolute atomic E-state index is 13.7. The number of amides is 4. The number of aliphatic hydroxyl groups is 3. The van der Waals surface area contributed by atoms with Gasteiger partial charge in [0.05, 0.1) is 60.4 Å². The van der Waals surface area contributed by atoms with Crippen molar-refractivity contribution in [3.05, 3.63) is 64.7 Å². The highest BCUT2D eigenvalue weighted by Gasteiger charge is 2.35. The van der Waals surface area contributed by atoms with E-state index in [2.05, 4.69) is 32.2 Å². The van der Waals surface area contributed by atoms with Crippen LogP contribution in [0.2, 0.25) is 0 Å². The van der Waals surface area contributed by atoms with E-state index in [1.54, 1.807) is 19.2 Å². The molecule has 0 aliphatic carbocycles. The molecular weight excluding hydrogens is 953 g/mol. The smallest absolute Gasteiger partial charge is 0.290 e. The number of aliphatic hydroxyl groups excluding tert-OH is 3. The average Bonchev–Trinajstić information content (AvgIpc) is 3.52. The number of aromatic nitrogens is 2. The molecule has 1 aliphatic rings. The van der Waals surface area contributed by atoms with Gasteiger partial charge >= 0.3 is 0 Å². The number of aromatic amines is 1. The van der Waals surface area contributed by atoms with E-state index in [0.29, 0.717) is 12.8 Å². The Kier molecular flexibility index (Phi) is 12.9. The molecule has 47 heavy (non-hydrogen) atoms. The van der Waals surface area contributed by atoms with E-state index in [9.17, 15) is 34.5 Å². The topological polar surface area (TPSA) is 204 Å². The number of fused-ring (bicyclic) bond motifs is 1. The van der Waals surface area contributed by atoms with Crippen LogP contribution in [0.1, 0.15) is 33.3 Å². The summed E-state index contributed by atoms with van der Waals surface area (Å²) in [5.41, 5.74) is 2.57. The summed E-state index contributed by atoms with van der Waals surface area (Å²) >= 11 is 5.66. The lowest BCUT2D eigenvalue weighted by Crippen LogP contribution is -2.53. The number of nitrogens with one attached hydrogen (secondary N) is 3. The summed E-state index contributed by atoms with van der Waals surface area (Å²) in [5.74, 6) is -2.43. The van der Waals surface area contributed by atoms with E-state index in [1.165, 1.54) is 4.90 Å². The Labute approximate surface area is 310 Å². The number of halogens is 3. The lowest BCUT2D eigenvalue weighted by Gasteiger charge is -2.32. The zero-order chi connectivity index (χ0) is 34.4. The number of H-pyrrole nitrogens is 1. The Hall–Kier alpha value is -2.93. The number of hydrogen-bond donors (Lipinski definition) is 6. The van der Waals surface area contributed by atoms with Gasteiger partial charge in [-0.3, -0.25) is 29.1 Å². The van der Waals surface area contributed by atoms with Gasteiger partial charge in [-0.05, 0) is 92.9 Å². The van der Waals surface area contributed by atoms with Gasteiger partial charge in [-0.1, -0.05) is 6.58 Å². The minimum atomic E-state index is -0.699. The second kappa shape index (κ2) is 16.5. The third-order valence-electron chi connectivity index (χ3n) is 7.20. The number of anilines is 1. The predicted molar refractivity (Wildman–Crippen MR) is 198 cm³/mol. The fourth-order valence-corrected chi connectivity index (χ4v) is 9.01. The second-order valence-corrected chi connectivity index (χ2v) is 13.4. The molecule has 0 bridgehead atoms. The Morgan fingerprint density at radius 1 is 1.09 bits per heavy atom. The first-order chi connectivity index (χ1) is 22.5. The van der Waals surface area contributed by atoms with Gasteiger partial charge in [-0.2, -0.15) is 0 Å². The van der Waals surface area contributed by atoms with Crippen LogP contribution in [0.5, 0.6) is 0 Å². The van der Waals surface area contributed by atoms with Crippen LogP contribution >= 0.6 is 67.8 Å². The van der Waals surface area contributed by atoms with Crippen molar-refractivity contribution in [1.82, 2.24) is 30.0 Å². The highest BCUT2D eigenvalue weighted by atomic mass is 127. The molecule has 250 valence electrons. The van der Waals surface area contributed by atoms with E-state index < -0.39 is 49.7 Å². The summed E-state index contributed by atoms with van der Waals surface area (Å²) in [6.07, 6.45) is 2.92. The predicted octanol–water partition coefficient (Wildman–Crippen LogP) is 1.65. The Balaban J connectivity index is 1.63. The van der Waals surface area contributed by atoms with E-state index in [1.807, 2.05) is 79.9 Å². The summed E-state index contributed by atoms with van der Waals surface area (Å²) < 4.78 is 0.859. The van der Waals surface area contributed by atoms with Crippen molar-refractivity contribution in [2.24, 2.45) is 4.99 Å². The van der Waals surface area contributed by atoms with Crippen LogP contribution in [0.4, 0.5) is 5.69 Å². The van der Waals surface area contributed by atoms with Crippen molar-refractivity contribution >= 4 is 114 Å². The summed E-state index contributed by atoms with van der Waals surface area (Å²) in [6, 6.07) is 5.09. The Morgan fingerprint density at radius 3 is 2.43 bits per heavy atom. The van der Waals surface area contributed by atoms with Gasteiger partial charge in [0.1, 0.15) is 20.0 Å². The largest absolute Gasteiger partial charge is 0.395 e. The van der Waals surface area contributed by atoms with Crippen LogP contribution < -0.4 is 10.6 Å². The third-order valence-corrected chi connectivity index (χ3v) is 10.4. The molecule has 0 saturated carbocycles. The first-order valence-electron chi connectivity index (χ1n) is 14.0. The van der Waals surface area contributed by atoms with Gasteiger partial charge in [-0.15, -0.1) is 0 Å². The van der Waals surface area contributed by atoms with Gasteiger partial charge < -0.3 is 40.7 Å². The van der Waals surface area contributed by atoms with E-state index in [4.69, 9.17) is 0 Å². The second-order valence-electron chi connectivity index (χ2n) is 10.2. The maximum Gasteiger partial charge on any atom is 0.290 e. The van der Waals surface area contributed by atoms with Crippen LogP contribution in [0.15, 0.2) is 42.2 Å². The number of pyridine rings is 1. The van der Waals surface area contributed by atoms with Crippen LogP contribution in [0.25, 0.3) is 11.0 Å². The molecule has 15 nitrogen and oxygen atoms in total. The number of hydrogen-bond acceptors (Lipinski definition) is 10. The SMILES string of the molecule is C=CN(CO)C(=O)c1c(I)c(NC2=NCC(C)N(CC(=O)NCc3ccc4[nH]ccc4n3)C2=O)c(I)c(C(=O)N(CO)CCO)c1I. The molecule has 1 aromatic carbocycles. The first kappa shape index (κ1) is 36.9. The Morgan fingerprint density at radius 2 is 1.79 bits per heavy atom. The Bertz CT molecular complexity index is 1750. The van der Waals surface area contributed by atoms with Crippen LogP contribution in [-0.2, 0) is 16.1 Å². The summed E-state index contributed by atoms with van der Waals surface area (Å²) in [4.78, 5) is 69.1. The number of carbonyl (C=O) groups excluding carboxylic acids is 4. The first-order valence-corrected chi connectivity index (χ1v) is 17.3. The van der Waals surface area contributed by atoms with Gasteiger partial charge in [0, 0.05) is 28.6 Å². The minimum Gasteiger partial charge on any atom is -0.395 e. The molecular formula is C29H31I3N8O7. The van der Waals surface area contributed by atoms with Gasteiger partial charge in [0.25, 0.3) is 17.7 Å². The highest BCUT2D eigenvalue weighted by Crippen LogP contribution is 2.37. The van der Waals surface area contributed by atoms with E-state index in [-0.39, 0.29) is 52.4 Å². The summed E-state index contributed by atoms with van der Waals surface area (Å²) in [5, 5.41) is 34.8. The van der Waals surface area contributed by atoms with E-state index in [0.717, 1.165) is 27.0 Å². The van der Waals surface area contributed by atoms with Gasteiger partial charge in [0.2, 0.25) is 5.91 Å². The van der Waals surface area contributed by atoms with Crippen LogP contribution in [0.3, 0.4) is 0 Å². The summed E-state index contributed by atoms with van der Waals surface area (Å²) in [6.45, 7) is 3.44. The number of benzene rings is 1. The zero-order valence-corrected chi connectivity index (χ0v) is 31.4. The quantitative estimate of drug-likeness (QED) is 0.115. The molecule has 0 fully saturated rings. The summed E-state index contributed by atoms with van der Waals surface area (Å²) in [7, 11) is 0. The average molecular weight is 984 g/mol. The van der Waals surface area contributed by atoms with Crippen molar-refractivity contribution in [2.75, 3.05) is 45.0 Å². The zero-order valence-electron chi connectivity index (χ0n) is 25.0. The molecule has 18 heteroatoms. The maximum atomic E-state index is 13.7. The van der Waals surface area contributed by atoms with Crippen molar-refractivity contribution in [3.63, 3.8) is 0 Å². The van der Waals surface area contributed by atoms with Crippen molar-refractivity contribution in [2.45, 2.75) is 19.5 Å². The molecule has 1 unspecified atom stereocenters. The fraction of sp³-hybridized carbons (Fsp3) is 0.310. The minimum absolute atomic E-state index is 0.0295.